The summed E-state index contributed by atoms with van der Waals surface area (Å²) in [6.07, 6.45) is 0. The monoisotopic (exact) mass is 189 g/mol. The second kappa shape index (κ2) is 7.52. The van der Waals surface area contributed by atoms with E-state index < -0.39 is 7.82 Å². The van der Waals surface area contributed by atoms with Gasteiger partial charge in [-0.15, -0.1) is 0 Å². The zero-order chi connectivity index (χ0) is 4.50. The largest absolute Gasteiger partial charge is 0.790 e. The number of rotatable bonds is 0. The SMILES string of the molecule is F.N.O=P([O-])([O-])O.[Fe]. The third kappa shape index (κ3) is 736. The van der Waals surface area contributed by atoms with Crippen molar-refractivity contribution in [3.05, 3.63) is 0 Å². The quantitative estimate of drug-likeness (QED) is 0.341. The maximum Gasteiger partial charge on any atom is 0.0557 e. The van der Waals surface area contributed by atoms with Crippen LogP contribution in [0.3, 0.4) is 0 Å². The summed E-state index contributed by atoms with van der Waals surface area (Å²) >= 11 is 0. The van der Waals surface area contributed by atoms with Gasteiger partial charge >= 0.3 is 0 Å². The van der Waals surface area contributed by atoms with Gasteiger partial charge in [-0.1, -0.05) is 0 Å². The molecule has 8 heavy (non-hydrogen) atoms. The standard InChI is InChI=1S/FH.Fe.H3N.H3O4P/c;;;1-5(2,3)4/h1H;;1H3;(H3,1,2,3,4)/p-2. The normalized spacial score (nSPS) is 7.38. The zero-order valence-corrected chi connectivity index (χ0v) is 5.59. The molecule has 4 N–H and O–H groups in total. The van der Waals surface area contributed by atoms with Gasteiger partial charge in [-0.05, 0) is 0 Å². The van der Waals surface area contributed by atoms with Crippen LogP contribution >= 0.6 is 7.82 Å². The van der Waals surface area contributed by atoms with Gasteiger partial charge < -0.3 is 25.4 Å². The molecular weight excluding hydrogens is 184 g/mol. The second-order valence-electron chi connectivity index (χ2n) is 0.469. The van der Waals surface area contributed by atoms with Gasteiger partial charge in [0.15, 0.2) is 0 Å². The van der Waals surface area contributed by atoms with Gasteiger partial charge in [0.05, 0.1) is 7.82 Å². The van der Waals surface area contributed by atoms with Crippen LogP contribution in [0.1, 0.15) is 0 Å². The average molecular weight is 189 g/mol. The summed E-state index contributed by atoms with van der Waals surface area (Å²) < 4.78 is 8.66. The summed E-state index contributed by atoms with van der Waals surface area (Å²) in [7, 11) is -5.14. The van der Waals surface area contributed by atoms with E-state index in [0.717, 1.165) is 0 Å². The summed E-state index contributed by atoms with van der Waals surface area (Å²) in [6, 6.07) is 0. The van der Waals surface area contributed by atoms with Crippen LogP contribution in [-0.2, 0) is 21.6 Å². The van der Waals surface area contributed by atoms with E-state index >= 15 is 0 Å². The molecule has 0 rings (SSSR count). The minimum atomic E-state index is -5.14. The molecule has 0 aromatic rings. The number of phosphoric acid groups is 1. The van der Waals surface area contributed by atoms with Crippen LogP contribution in [0.15, 0.2) is 0 Å². The smallest absolute Gasteiger partial charge is 0.0557 e. The molecule has 0 aromatic heterocycles. The van der Waals surface area contributed by atoms with Crippen LogP contribution < -0.4 is 15.9 Å². The molecule has 0 aromatic carbocycles. The van der Waals surface area contributed by atoms with E-state index in [-0.39, 0.29) is 27.9 Å². The summed E-state index contributed by atoms with van der Waals surface area (Å²) in [5.41, 5.74) is 0. The fourth-order valence-corrected chi connectivity index (χ4v) is 0. The Balaban J connectivity index is -0.0000000267. The van der Waals surface area contributed by atoms with Gasteiger partial charge in [0.25, 0.3) is 0 Å². The molecule has 56 valence electrons. The van der Waals surface area contributed by atoms with Gasteiger partial charge in [0, 0.05) is 17.1 Å². The molecule has 0 amide bonds. The zero-order valence-electron chi connectivity index (χ0n) is 3.59. The molecule has 0 fully saturated rings. The Bertz CT molecular complexity index is 62.2. The van der Waals surface area contributed by atoms with Crippen LogP contribution in [0.25, 0.3) is 0 Å². The van der Waals surface area contributed by atoms with Crippen molar-refractivity contribution in [2.45, 2.75) is 0 Å². The third-order valence-electron chi connectivity index (χ3n) is 0. The van der Waals surface area contributed by atoms with Crippen molar-refractivity contribution in [3.8, 4) is 0 Å². The minimum Gasteiger partial charge on any atom is -0.790 e. The van der Waals surface area contributed by atoms with Gasteiger partial charge in [-0.2, -0.15) is 0 Å². The summed E-state index contributed by atoms with van der Waals surface area (Å²) in [5, 5.41) is 0. The Labute approximate surface area is 55.8 Å². The molecule has 0 saturated heterocycles. The van der Waals surface area contributed by atoms with Crippen LogP contribution in [-0.4, -0.2) is 4.89 Å². The Morgan fingerprint density at radius 3 is 1.38 bits per heavy atom. The topological polar surface area (TPSA) is 118 Å². The fourth-order valence-electron chi connectivity index (χ4n) is 0. The molecule has 0 saturated carbocycles. The van der Waals surface area contributed by atoms with Crippen LogP contribution in [0.5, 0.6) is 0 Å². The van der Waals surface area contributed by atoms with Gasteiger partial charge in [-0.25, -0.2) is 0 Å². The molecule has 0 bridgehead atoms. The first-order valence-corrected chi connectivity index (χ1v) is 2.24. The van der Waals surface area contributed by atoms with E-state index in [4.69, 9.17) is 19.2 Å². The first-order valence-electron chi connectivity index (χ1n) is 0.748. The van der Waals surface area contributed by atoms with Crippen molar-refractivity contribution in [2.24, 2.45) is 0 Å². The van der Waals surface area contributed by atoms with Crippen molar-refractivity contribution < 1.29 is 41.0 Å². The predicted octanol–water partition coefficient (Wildman–Crippen LogP) is -1.88. The van der Waals surface area contributed by atoms with Crippen molar-refractivity contribution in [3.63, 3.8) is 0 Å². The van der Waals surface area contributed by atoms with E-state index in [2.05, 4.69) is 0 Å². The van der Waals surface area contributed by atoms with Crippen LogP contribution in [0.4, 0.5) is 4.70 Å². The summed E-state index contributed by atoms with van der Waals surface area (Å²) in [4.78, 5) is 24.3. The summed E-state index contributed by atoms with van der Waals surface area (Å²) in [6.45, 7) is 0. The Morgan fingerprint density at radius 1 is 1.38 bits per heavy atom. The van der Waals surface area contributed by atoms with Gasteiger partial charge in [0.1, 0.15) is 0 Å². The Kier molecular flexibility index (Phi) is 22.2. The maximum atomic E-state index is 8.66. The van der Waals surface area contributed by atoms with Crippen molar-refractivity contribution in [1.29, 1.82) is 0 Å². The Hall–Kier alpha value is 0.519. The number of halogens is 1. The van der Waals surface area contributed by atoms with E-state index in [1.54, 1.807) is 0 Å². The number of hydrogen-bond donors (Lipinski definition) is 2. The summed E-state index contributed by atoms with van der Waals surface area (Å²) in [5.74, 6) is 0. The molecule has 0 atom stereocenters. The van der Waals surface area contributed by atoms with Crippen molar-refractivity contribution >= 4 is 7.82 Å². The van der Waals surface area contributed by atoms with E-state index in [9.17, 15) is 0 Å². The molecule has 0 unspecified atom stereocenters. The molecular formula is H5FFeNO4P-2. The molecule has 8 heteroatoms. The van der Waals surface area contributed by atoms with Gasteiger partial charge in [0.2, 0.25) is 0 Å². The average Bonchev–Trinajstić information content (AvgIpc) is 0.722. The predicted molar refractivity (Wildman–Crippen MR) is 17.4 cm³/mol. The van der Waals surface area contributed by atoms with E-state index in [1.165, 1.54) is 0 Å². The Morgan fingerprint density at radius 2 is 1.38 bits per heavy atom. The molecule has 0 aliphatic heterocycles. The van der Waals surface area contributed by atoms with Crippen molar-refractivity contribution in [2.75, 3.05) is 0 Å². The van der Waals surface area contributed by atoms with Crippen LogP contribution in [0.2, 0.25) is 0 Å². The van der Waals surface area contributed by atoms with Gasteiger partial charge in [-0.3, -0.25) is 4.70 Å². The fraction of sp³-hybridized carbons (Fsp3) is 0. The minimum absolute atomic E-state index is 0. The maximum absolute atomic E-state index is 8.66. The van der Waals surface area contributed by atoms with Crippen LogP contribution in [0, 0.1) is 0 Å². The molecule has 0 spiro atoms. The first kappa shape index (κ1) is 23.6. The van der Waals surface area contributed by atoms with E-state index in [0.29, 0.717) is 0 Å². The van der Waals surface area contributed by atoms with E-state index in [1.807, 2.05) is 0 Å². The molecule has 0 aliphatic carbocycles. The molecule has 5 nitrogen and oxygen atoms in total. The third-order valence-corrected chi connectivity index (χ3v) is 0. The van der Waals surface area contributed by atoms with Crippen molar-refractivity contribution in [1.82, 2.24) is 6.15 Å². The second-order valence-corrected chi connectivity index (χ2v) is 1.41. The molecule has 0 aliphatic rings. The molecule has 0 heterocycles. The molecule has 0 radical (unpaired) electrons. The first-order chi connectivity index (χ1) is 2.00. The number of hydrogen-bond acceptors (Lipinski definition) is 4.